The first-order valence-corrected chi connectivity index (χ1v) is 8.06. The molecule has 1 N–H and O–H groups in total. The minimum atomic E-state index is -1.13. The zero-order chi connectivity index (χ0) is 17.1. The molecule has 0 atom stereocenters. The van der Waals surface area contributed by atoms with Gasteiger partial charge in [0.05, 0.1) is 23.1 Å². The number of carboxylic acids is 1. The molecule has 0 aliphatic rings. The van der Waals surface area contributed by atoms with E-state index in [1.54, 1.807) is 0 Å². The van der Waals surface area contributed by atoms with E-state index in [2.05, 4.69) is 11.9 Å². The first-order chi connectivity index (χ1) is 11.6. The number of nitrogens with zero attached hydrogens (tertiary/aromatic N) is 2. The summed E-state index contributed by atoms with van der Waals surface area (Å²) in [5, 5.41) is 8.96. The van der Waals surface area contributed by atoms with Crippen molar-refractivity contribution in [1.29, 1.82) is 0 Å². The number of carboxylic acid groups (broad SMARTS) is 1. The lowest BCUT2D eigenvalue weighted by atomic mass is 10.1. The summed E-state index contributed by atoms with van der Waals surface area (Å²) >= 11 is 0. The molecule has 24 heavy (non-hydrogen) atoms. The smallest absolute Gasteiger partial charge is 0.335 e. The molecule has 0 saturated carbocycles. The number of aromatic carboxylic acids is 1. The Morgan fingerprint density at radius 3 is 2.75 bits per heavy atom. The molecule has 1 aromatic heterocycles. The summed E-state index contributed by atoms with van der Waals surface area (Å²) in [4.78, 5) is 15.6. The van der Waals surface area contributed by atoms with Crippen molar-refractivity contribution >= 4 is 17.0 Å². The number of para-hydroxylation sites is 2. The van der Waals surface area contributed by atoms with Gasteiger partial charge in [-0.1, -0.05) is 31.5 Å². The molecule has 0 spiro atoms. The third-order valence-electron chi connectivity index (χ3n) is 4.12. The monoisotopic (exact) mass is 326 g/mol. The molecule has 0 aliphatic carbocycles. The number of imidazole rings is 1. The van der Waals surface area contributed by atoms with Gasteiger partial charge < -0.3 is 9.67 Å². The van der Waals surface area contributed by atoms with Crippen molar-refractivity contribution in [2.45, 2.75) is 32.7 Å². The van der Waals surface area contributed by atoms with Crippen LogP contribution in [-0.2, 0) is 13.0 Å². The van der Waals surface area contributed by atoms with Crippen LogP contribution in [0.25, 0.3) is 11.0 Å². The van der Waals surface area contributed by atoms with Gasteiger partial charge in [0.1, 0.15) is 11.6 Å². The average Bonchev–Trinajstić information content (AvgIpc) is 2.92. The lowest BCUT2D eigenvalue weighted by molar-refractivity contribution is 0.0696. The quantitative estimate of drug-likeness (QED) is 0.736. The minimum absolute atomic E-state index is 0.0436. The van der Waals surface area contributed by atoms with Crippen molar-refractivity contribution < 1.29 is 14.3 Å². The van der Waals surface area contributed by atoms with Crippen molar-refractivity contribution in [3.05, 3.63) is 65.2 Å². The first kappa shape index (κ1) is 16.2. The first-order valence-electron chi connectivity index (χ1n) is 8.06. The van der Waals surface area contributed by atoms with Crippen molar-refractivity contribution in [2.75, 3.05) is 0 Å². The van der Waals surface area contributed by atoms with Crippen LogP contribution in [0, 0.1) is 5.82 Å². The summed E-state index contributed by atoms with van der Waals surface area (Å²) in [6, 6.07) is 11.8. The Balaban J connectivity index is 2.01. The van der Waals surface area contributed by atoms with E-state index in [9.17, 15) is 9.18 Å². The fourth-order valence-electron chi connectivity index (χ4n) is 2.81. The summed E-state index contributed by atoms with van der Waals surface area (Å²) in [6.45, 7) is 2.46. The van der Waals surface area contributed by atoms with Crippen LogP contribution in [0.15, 0.2) is 42.5 Å². The maximum absolute atomic E-state index is 14.3. The fraction of sp³-hybridized carbons (Fsp3) is 0.263. The van der Waals surface area contributed by atoms with Gasteiger partial charge in [0.2, 0.25) is 0 Å². The molecule has 0 fully saturated rings. The van der Waals surface area contributed by atoms with Crippen LogP contribution in [-0.4, -0.2) is 20.6 Å². The van der Waals surface area contributed by atoms with E-state index in [1.807, 2.05) is 28.8 Å². The molecule has 0 aliphatic heterocycles. The van der Waals surface area contributed by atoms with E-state index in [0.717, 1.165) is 42.2 Å². The Labute approximate surface area is 139 Å². The second-order valence-corrected chi connectivity index (χ2v) is 5.82. The third-order valence-corrected chi connectivity index (χ3v) is 4.12. The number of fused-ring (bicyclic) bond motifs is 1. The van der Waals surface area contributed by atoms with Gasteiger partial charge in [-0.05, 0) is 30.7 Å². The number of aryl methyl sites for hydroxylation is 1. The number of benzene rings is 2. The molecule has 0 unspecified atom stereocenters. The molecule has 0 radical (unpaired) electrons. The number of carbonyl (C=O) groups is 1. The number of halogens is 1. The summed E-state index contributed by atoms with van der Waals surface area (Å²) in [5.74, 6) is -0.703. The molecule has 2 aromatic carbocycles. The predicted molar refractivity (Wildman–Crippen MR) is 90.8 cm³/mol. The molecule has 1 heterocycles. The van der Waals surface area contributed by atoms with Crippen molar-refractivity contribution in [3.8, 4) is 0 Å². The van der Waals surface area contributed by atoms with Gasteiger partial charge in [0.25, 0.3) is 0 Å². The summed E-state index contributed by atoms with van der Waals surface area (Å²) in [6.07, 6.45) is 2.91. The predicted octanol–water partition coefficient (Wildman–Crippen LogP) is 4.26. The highest BCUT2D eigenvalue weighted by Crippen LogP contribution is 2.21. The SMILES string of the molecule is CCCCc1nc2ccccc2n1Cc1ccc(C(=O)O)cc1F. The second-order valence-electron chi connectivity index (χ2n) is 5.82. The molecule has 5 heteroatoms. The van der Waals surface area contributed by atoms with E-state index < -0.39 is 11.8 Å². The van der Waals surface area contributed by atoms with Gasteiger partial charge in [-0.15, -0.1) is 0 Å². The second kappa shape index (κ2) is 6.83. The molecule has 4 nitrogen and oxygen atoms in total. The van der Waals surface area contributed by atoms with Crippen LogP contribution >= 0.6 is 0 Å². The van der Waals surface area contributed by atoms with E-state index in [4.69, 9.17) is 5.11 Å². The fourth-order valence-corrected chi connectivity index (χ4v) is 2.81. The van der Waals surface area contributed by atoms with Gasteiger partial charge in [0.15, 0.2) is 0 Å². The highest BCUT2D eigenvalue weighted by Gasteiger charge is 2.14. The van der Waals surface area contributed by atoms with Gasteiger partial charge in [-0.2, -0.15) is 0 Å². The third kappa shape index (κ3) is 3.15. The standard InChI is InChI=1S/C19H19FN2O2/c1-2-3-8-18-21-16-6-4-5-7-17(16)22(18)12-14-10-9-13(19(23)24)11-15(14)20/h4-7,9-11H,2-3,8,12H2,1H3,(H,23,24). The molecule has 3 rings (SSSR count). The topological polar surface area (TPSA) is 55.1 Å². The van der Waals surface area contributed by atoms with Crippen LogP contribution in [0.4, 0.5) is 4.39 Å². The van der Waals surface area contributed by atoms with E-state index in [-0.39, 0.29) is 5.56 Å². The van der Waals surface area contributed by atoms with Gasteiger partial charge >= 0.3 is 5.97 Å². The lowest BCUT2D eigenvalue weighted by Gasteiger charge is -2.10. The van der Waals surface area contributed by atoms with E-state index in [1.165, 1.54) is 12.1 Å². The Morgan fingerprint density at radius 2 is 2.04 bits per heavy atom. The Hall–Kier alpha value is -2.69. The van der Waals surface area contributed by atoms with E-state index in [0.29, 0.717) is 12.1 Å². The summed E-state index contributed by atoms with van der Waals surface area (Å²) in [5.41, 5.74) is 2.27. The summed E-state index contributed by atoms with van der Waals surface area (Å²) in [7, 11) is 0. The largest absolute Gasteiger partial charge is 0.478 e. The van der Waals surface area contributed by atoms with Crippen LogP contribution in [0.1, 0.15) is 41.5 Å². The molecular formula is C19H19FN2O2. The minimum Gasteiger partial charge on any atom is -0.478 e. The Bertz CT molecular complexity index is 886. The Kier molecular flexibility index (Phi) is 4.60. The average molecular weight is 326 g/mol. The van der Waals surface area contributed by atoms with E-state index >= 15 is 0 Å². The molecule has 0 bridgehead atoms. The normalized spacial score (nSPS) is 11.1. The number of aromatic nitrogens is 2. The zero-order valence-electron chi connectivity index (χ0n) is 13.5. The molecule has 0 amide bonds. The zero-order valence-corrected chi connectivity index (χ0v) is 13.5. The highest BCUT2D eigenvalue weighted by molar-refractivity contribution is 5.87. The Morgan fingerprint density at radius 1 is 1.25 bits per heavy atom. The molecule has 3 aromatic rings. The number of rotatable bonds is 6. The number of unbranched alkanes of at least 4 members (excludes halogenated alkanes) is 1. The van der Waals surface area contributed by atoms with Gasteiger partial charge in [-0.25, -0.2) is 14.2 Å². The van der Waals surface area contributed by atoms with Crippen molar-refractivity contribution in [1.82, 2.24) is 9.55 Å². The molecular weight excluding hydrogens is 307 g/mol. The number of hydrogen-bond acceptors (Lipinski definition) is 2. The van der Waals surface area contributed by atoms with Crippen LogP contribution in [0.5, 0.6) is 0 Å². The van der Waals surface area contributed by atoms with Crippen molar-refractivity contribution in [3.63, 3.8) is 0 Å². The summed E-state index contributed by atoms with van der Waals surface area (Å²) < 4.78 is 16.3. The highest BCUT2D eigenvalue weighted by atomic mass is 19.1. The lowest BCUT2D eigenvalue weighted by Crippen LogP contribution is -2.08. The maximum atomic E-state index is 14.3. The number of hydrogen-bond donors (Lipinski definition) is 1. The van der Waals surface area contributed by atoms with Crippen LogP contribution in [0.2, 0.25) is 0 Å². The molecule has 0 saturated heterocycles. The van der Waals surface area contributed by atoms with Gasteiger partial charge in [0, 0.05) is 12.0 Å². The maximum Gasteiger partial charge on any atom is 0.335 e. The van der Waals surface area contributed by atoms with Crippen molar-refractivity contribution in [2.24, 2.45) is 0 Å². The molecule has 124 valence electrons. The van der Waals surface area contributed by atoms with Crippen LogP contribution < -0.4 is 0 Å². The van der Waals surface area contributed by atoms with Crippen LogP contribution in [0.3, 0.4) is 0 Å². The van der Waals surface area contributed by atoms with Gasteiger partial charge in [-0.3, -0.25) is 0 Å².